The van der Waals surface area contributed by atoms with Crippen molar-refractivity contribution in [2.45, 2.75) is 12.5 Å². The average molecular weight is 250 g/mol. The fourth-order valence-corrected chi connectivity index (χ4v) is 1.62. The van der Waals surface area contributed by atoms with E-state index in [-0.39, 0.29) is 5.69 Å². The van der Waals surface area contributed by atoms with E-state index in [1.54, 1.807) is 18.2 Å². The number of rotatable bonds is 2. The quantitative estimate of drug-likeness (QED) is 0.719. The summed E-state index contributed by atoms with van der Waals surface area (Å²) in [5.41, 5.74) is -1.24. The molecule has 94 valence electrons. The number of aliphatic hydroxyl groups excluding tert-OH is 1. The zero-order chi connectivity index (χ0) is 13.3. The smallest absolute Gasteiger partial charge is 0.411 e. The third-order valence-electron chi connectivity index (χ3n) is 2.54. The predicted octanol–water partition coefficient (Wildman–Crippen LogP) is 0.891. The minimum absolute atomic E-state index is 0.281. The highest BCUT2D eigenvalue weighted by atomic mass is 16.5. The summed E-state index contributed by atoms with van der Waals surface area (Å²) in [4.78, 5) is 26.4. The third-order valence-corrected chi connectivity index (χ3v) is 2.54. The van der Waals surface area contributed by atoms with E-state index in [0.717, 1.165) is 0 Å². The van der Waals surface area contributed by atoms with Crippen LogP contribution in [0, 0.1) is 0 Å². The number of ketones is 1. The molecule has 1 aliphatic rings. The molecule has 0 bridgehead atoms. The van der Waals surface area contributed by atoms with E-state index in [1.807, 2.05) is 5.32 Å². The lowest BCUT2D eigenvalue weighted by atomic mass is 9.96. The standard InChI is InChI=1S/C11H10N2O5/c1-11(6-4-2-3-5-12-6)8(15)7(14)9(18-11)13-10(16)17/h2-5,13-14H,1H3,(H,16,17). The lowest BCUT2D eigenvalue weighted by Crippen LogP contribution is -2.33. The van der Waals surface area contributed by atoms with E-state index in [1.165, 1.54) is 13.1 Å². The van der Waals surface area contributed by atoms with Crippen molar-refractivity contribution >= 4 is 11.9 Å². The zero-order valence-electron chi connectivity index (χ0n) is 9.38. The predicted molar refractivity (Wildman–Crippen MR) is 58.5 cm³/mol. The van der Waals surface area contributed by atoms with Gasteiger partial charge in [-0.15, -0.1) is 0 Å². The van der Waals surface area contributed by atoms with Gasteiger partial charge >= 0.3 is 6.09 Å². The maximum atomic E-state index is 11.9. The monoisotopic (exact) mass is 250 g/mol. The molecule has 1 amide bonds. The van der Waals surface area contributed by atoms with Crippen LogP contribution in [-0.4, -0.2) is 27.1 Å². The van der Waals surface area contributed by atoms with Gasteiger partial charge in [0.25, 0.3) is 5.78 Å². The van der Waals surface area contributed by atoms with Crippen LogP contribution in [0.3, 0.4) is 0 Å². The van der Waals surface area contributed by atoms with Crippen LogP contribution in [0.15, 0.2) is 36.0 Å². The molecule has 2 rings (SSSR count). The van der Waals surface area contributed by atoms with Crippen molar-refractivity contribution < 1.29 is 24.5 Å². The molecule has 0 saturated carbocycles. The fourth-order valence-electron chi connectivity index (χ4n) is 1.62. The lowest BCUT2D eigenvalue weighted by molar-refractivity contribution is -0.132. The fraction of sp³-hybridized carbons (Fsp3) is 0.182. The number of ether oxygens (including phenoxy) is 1. The number of amides is 1. The molecule has 0 aromatic carbocycles. The van der Waals surface area contributed by atoms with Gasteiger partial charge in [-0.2, -0.15) is 0 Å². The molecule has 7 heteroatoms. The van der Waals surface area contributed by atoms with Crippen LogP contribution in [0.25, 0.3) is 0 Å². The Hall–Kier alpha value is -2.57. The SMILES string of the molecule is CC1(c2ccccn2)OC(NC(=O)O)=C(O)C1=O. The van der Waals surface area contributed by atoms with Crippen molar-refractivity contribution in [3.63, 3.8) is 0 Å². The van der Waals surface area contributed by atoms with Crippen molar-refractivity contribution in [2.75, 3.05) is 0 Å². The second kappa shape index (κ2) is 4.02. The summed E-state index contributed by atoms with van der Waals surface area (Å²) in [6.45, 7) is 1.41. The van der Waals surface area contributed by atoms with Gasteiger partial charge in [0.2, 0.25) is 17.2 Å². The summed E-state index contributed by atoms with van der Waals surface area (Å²) < 4.78 is 5.20. The van der Waals surface area contributed by atoms with Gasteiger partial charge in [-0.25, -0.2) is 4.79 Å². The largest absolute Gasteiger partial charge is 0.501 e. The number of carbonyl (C=O) groups is 2. The summed E-state index contributed by atoms with van der Waals surface area (Å²) >= 11 is 0. The van der Waals surface area contributed by atoms with Crippen LogP contribution in [0.5, 0.6) is 0 Å². The highest BCUT2D eigenvalue weighted by molar-refractivity contribution is 6.02. The van der Waals surface area contributed by atoms with Gasteiger partial charge < -0.3 is 14.9 Å². The molecule has 1 aliphatic heterocycles. The molecule has 2 heterocycles. The Morgan fingerprint density at radius 2 is 2.22 bits per heavy atom. The van der Waals surface area contributed by atoms with Crippen molar-refractivity contribution in [1.29, 1.82) is 0 Å². The maximum Gasteiger partial charge on any atom is 0.411 e. The topological polar surface area (TPSA) is 109 Å². The van der Waals surface area contributed by atoms with Crippen molar-refractivity contribution in [3.05, 3.63) is 41.7 Å². The Bertz CT molecular complexity index is 540. The minimum Gasteiger partial charge on any atom is -0.501 e. The highest BCUT2D eigenvalue weighted by Crippen LogP contribution is 2.35. The molecule has 0 fully saturated rings. The van der Waals surface area contributed by atoms with Gasteiger partial charge in [0.05, 0.1) is 5.69 Å². The van der Waals surface area contributed by atoms with Crippen molar-refractivity contribution in [1.82, 2.24) is 10.3 Å². The molecular weight excluding hydrogens is 240 g/mol. The number of carbonyl (C=O) groups excluding carboxylic acids is 1. The van der Waals surface area contributed by atoms with Gasteiger partial charge in [-0.05, 0) is 19.1 Å². The minimum atomic E-state index is -1.52. The first-order chi connectivity index (χ1) is 8.45. The number of aliphatic hydroxyl groups is 1. The maximum absolute atomic E-state index is 11.9. The molecule has 1 atom stereocenters. The van der Waals surface area contributed by atoms with Crippen LogP contribution in [-0.2, 0) is 15.1 Å². The number of hydrogen-bond acceptors (Lipinski definition) is 5. The average Bonchev–Trinajstić information content (AvgIpc) is 2.56. The Morgan fingerprint density at radius 3 is 2.78 bits per heavy atom. The molecule has 18 heavy (non-hydrogen) atoms. The van der Waals surface area contributed by atoms with Crippen molar-refractivity contribution in [3.8, 4) is 0 Å². The molecule has 0 aliphatic carbocycles. The second-order valence-electron chi connectivity index (χ2n) is 3.79. The van der Waals surface area contributed by atoms with E-state index in [0.29, 0.717) is 0 Å². The Labute approximate surface area is 102 Å². The van der Waals surface area contributed by atoms with Crippen molar-refractivity contribution in [2.24, 2.45) is 0 Å². The second-order valence-corrected chi connectivity index (χ2v) is 3.79. The summed E-state index contributed by atoms with van der Waals surface area (Å²) in [6.07, 6.45) is 0.0336. The highest BCUT2D eigenvalue weighted by Gasteiger charge is 2.49. The molecule has 7 nitrogen and oxygen atoms in total. The summed E-state index contributed by atoms with van der Waals surface area (Å²) in [7, 11) is 0. The molecule has 1 unspecified atom stereocenters. The van der Waals surface area contributed by atoms with Crippen LogP contribution in [0.1, 0.15) is 12.6 Å². The summed E-state index contributed by atoms with van der Waals surface area (Å²) in [5.74, 6) is -1.99. The van der Waals surface area contributed by atoms with Crippen LogP contribution in [0.2, 0.25) is 0 Å². The first kappa shape index (κ1) is 11.9. The van der Waals surface area contributed by atoms with E-state index < -0.39 is 29.1 Å². The van der Waals surface area contributed by atoms with Crippen LogP contribution < -0.4 is 5.32 Å². The first-order valence-corrected chi connectivity index (χ1v) is 5.03. The van der Waals surface area contributed by atoms with E-state index in [2.05, 4.69) is 4.98 Å². The molecular formula is C11H10N2O5. The van der Waals surface area contributed by atoms with Crippen LogP contribution in [0.4, 0.5) is 4.79 Å². The van der Waals surface area contributed by atoms with Gasteiger partial charge in [0.15, 0.2) is 0 Å². The number of nitrogens with zero attached hydrogens (tertiary/aromatic N) is 1. The number of pyridine rings is 1. The number of nitrogens with one attached hydrogen (secondary N) is 1. The van der Waals surface area contributed by atoms with Gasteiger partial charge in [0.1, 0.15) is 0 Å². The Balaban J connectivity index is 2.36. The Kier molecular flexibility index (Phi) is 2.66. The van der Waals surface area contributed by atoms with Crippen LogP contribution >= 0.6 is 0 Å². The molecule has 3 N–H and O–H groups in total. The molecule has 0 spiro atoms. The van der Waals surface area contributed by atoms with Gasteiger partial charge in [-0.1, -0.05) is 6.07 Å². The summed E-state index contributed by atoms with van der Waals surface area (Å²) in [6, 6.07) is 4.87. The summed E-state index contributed by atoms with van der Waals surface area (Å²) in [5, 5.41) is 19.9. The normalized spacial score (nSPS) is 22.8. The lowest BCUT2D eigenvalue weighted by Gasteiger charge is -2.21. The molecule has 0 radical (unpaired) electrons. The zero-order valence-corrected chi connectivity index (χ0v) is 9.38. The third kappa shape index (κ3) is 1.75. The number of carboxylic acid groups (broad SMARTS) is 1. The molecule has 1 aromatic rings. The Morgan fingerprint density at radius 1 is 1.50 bits per heavy atom. The van der Waals surface area contributed by atoms with E-state index in [4.69, 9.17) is 9.84 Å². The first-order valence-electron chi connectivity index (χ1n) is 5.03. The molecule has 1 aromatic heterocycles. The van der Waals surface area contributed by atoms with E-state index in [9.17, 15) is 14.7 Å². The number of Topliss-reactive ketones (excluding diaryl/α,β-unsaturated/α-hetero) is 1. The van der Waals surface area contributed by atoms with Gasteiger partial charge in [0, 0.05) is 6.20 Å². The number of aromatic nitrogens is 1. The molecule has 0 saturated heterocycles. The van der Waals surface area contributed by atoms with Gasteiger partial charge in [-0.3, -0.25) is 15.1 Å². The van der Waals surface area contributed by atoms with E-state index >= 15 is 0 Å². The number of hydrogen-bond donors (Lipinski definition) is 3.